The molecule has 0 radical (unpaired) electrons. The van der Waals surface area contributed by atoms with Crippen molar-refractivity contribution in [2.24, 2.45) is 0 Å². The Morgan fingerprint density at radius 3 is 1.63 bits per heavy atom. The molecule has 0 bridgehead atoms. The average molecular weight is 703 g/mol. The number of hydrogen-bond acceptors (Lipinski definition) is 2. The normalized spacial score (nSPS) is 12.1. The SMILES string of the molecule is c1cc(-c2c3ccccc3c(-c3cccc4ccccc34)c3ccccc23)cc(-c2c3oc4ccc5ccccc5c4c3cc3sc4ccccc4c23)c1. The molecule has 0 fully saturated rings. The van der Waals surface area contributed by atoms with E-state index in [-0.39, 0.29) is 0 Å². The van der Waals surface area contributed by atoms with Gasteiger partial charge in [0.15, 0.2) is 0 Å². The van der Waals surface area contributed by atoms with Crippen LogP contribution in [-0.4, -0.2) is 0 Å². The van der Waals surface area contributed by atoms with Gasteiger partial charge < -0.3 is 4.42 Å². The molecule has 0 aliphatic heterocycles. The van der Waals surface area contributed by atoms with Gasteiger partial charge in [-0.25, -0.2) is 0 Å². The van der Waals surface area contributed by atoms with Crippen molar-refractivity contribution in [2.75, 3.05) is 0 Å². The van der Waals surface area contributed by atoms with Crippen LogP contribution in [0, 0.1) is 0 Å². The van der Waals surface area contributed by atoms with Gasteiger partial charge in [0.05, 0.1) is 0 Å². The molecule has 0 spiro atoms. The van der Waals surface area contributed by atoms with E-state index in [0.717, 1.165) is 27.7 Å². The van der Waals surface area contributed by atoms with Crippen molar-refractivity contribution < 1.29 is 4.42 Å². The summed E-state index contributed by atoms with van der Waals surface area (Å²) in [5.74, 6) is 0. The van der Waals surface area contributed by atoms with E-state index in [2.05, 4.69) is 182 Å². The molecule has 12 aromatic rings. The van der Waals surface area contributed by atoms with E-state index in [1.165, 1.54) is 90.9 Å². The molecule has 0 aliphatic rings. The van der Waals surface area contributed by atoms with E-state index in [4.69, 9.17) is 4.42 Å². The first-order valence-electron chi connectivity index (χ1n) is 18.5. The van der Waals surface area contributed by atoms with Gasteiger partial charge in [-0.1, -0.05) is 158 Å². The molecule has 0 aliphatic carbocycles. The molecule has 2 heteroatoms. The predicted octanol–water partition coefficient (Wildman–Crippen LogP) is 15.6. The van der Waals surface area contributed by atoms with Crippen LogP contribution < -0.4 is 0 Å². The Morgan fingerprint density at radius 2 is 0.889 bits per heavy atom. The van der Waals surface area contributed by atoms with Crippen LogP contribution in [0.1, 0.15) is 0 Å². The predicted molar refractivity (Wildman–Crippen MR) is 233 cm³/mol. The maximum Gasteiger partial charge on any atom is 0.143 e. The van der Waals surface area contributed by atoms with Crippen LogP contribution >= 0.6 is 11.3 Å². The molecule has 0 atom stereocenters. The van der Waals surface area contributed by atoms with E-state index in [0.29, 0.717) is 0 Å². The Morgan fingerprint density at radius 1 is 0.333 bits per heavy atom. The minimum absolute atomic E-state index is 0.920. The molecule has 0 saturated heterocycles. The summed E-state index contributed by atoms with van der Waals surface area (Å²) in [5.41, 5.74) is 9.15. The standard InChI is InChI=1S/C52H30OS/c1-3-18-35-31(13-1)15-12-25-37(35)49-40-22-7-5-20-38(40)47(39-21-6-8-23-41(39)49)33-16-11-17-34(29-33)48-51-42-24-9-10-26-45(42)54-46(51)30-43-50-36-19-4-2-14-32(36)27-28-44(50)53-52(43)48/h1-30H. The summed E-state index contributed by atoms with van der Waals surface area (Å²) in [7, 11) is 0. The van der Waals surface area contributed by atoms with Crippen LogP contribution in [0.25, 0.3) is 119 Å². The summed E-state index contributed by atoms with van der Waals surface area (Å²) in [6.07, 6.45) is 0. The Hall–Kier alpha value is -6.74. The van der Waals surface area contributed by atoms with Crippen LogP contribution in [-0.2, 0) is 0 Å². The van der Waals surface area contributed by atoms with E-state index >= 15 is 0 Å². The Kier molecular flexibility index (Phi) is 6.28. The van der Waals surface area contributed by atoms with Crippen LogP contribution in [0.5, 0.6) is 0 Å². The van der Waals surface area contributed by atoms with Crippen molar-refractivity contribution in [3.05, 3.63) is 182 Å². The van der Waals surface area contributed by atoms with Gasteiger partial charge in [0.1, 0.15) is 11.2 Å². The van der Waals surface area contributed by atoms with Crippen molar-refractivity contribution >= 4 is 96.5 Å². The molecule has 1 nitrogen and oxygen atoms in total. The second kappa shape index (κ2) is 11.4. The number of benzene rings is 10. The highest BCUT2D eigenvalue weighted by Crippen LogP contribution is 2.50. The van der Waals surface area contributed by atoms with Gasteiger partial charge >= 0.3 is 0 Å². The van der Waals surface area contributed by atoms with Crippen molar-refractivity contribution in [3.63, 3.8) is 0 Å². The van der Waals surface area contributed by atoms with Crippen molar-refractivity contribution in [2.45, 2.75) is 0 Å². The van der Waals surface area contributed by atoms with Gasteiger partial charge in [-0.05, 0) is 95.2 Å². The second-order valence-electron chi connectivity index (χ2n) is 14.3. The van der Waals surface area contributed by atoms with E-state index in [1.54, 1.807) is 0 Å². The molecule has 2 aromatic heterocycles. The molecule has 0 amide bonds. The fourth-order valence-corrected chi connectivity index (χ4v) is 10.3. The van der Waals surface area contributed by atoms with Gasteiger partial charge in [-0.2, -0.15) is 0 Å². The van der Waals surface area contributed by atoms with E-state index in [1.807, 2.05) is 11.3 Å². The first-order chi connectivity index (χ1) is 26.8. The summed E-state index contributed by atoms with van der Waals surface area (Å²) in [6, 6.07) is 66.6. The Bertz CT molecular complexity index is 3450. The van der Waals surface area contributed by atoms with E-state index < -0.39 is 0 Å². The van der Waals surface area contributed by atoms with Crippen LogP contribution in [0.4, 0.5) is 0 Å². The molecule has 10 aromatic carbocycles. The van der Waals surface area contributed by atoms with Gasteiger partial charge in [0.25, 0.3) is 0 Å². The summed E-state index contributed by atoms with van der Waals surface area (Å²) >= 11 is 1.87. The minimum atomic E-state index is 0.920. The van der Waals surface area contributed by atoms with Crippen molar-refractivity contribution in [3.8, 4) is 33.4 Å². The Balaban J connectivity index is 1.18. The zero-order valence-corrected chi connectivity index (χ0v) is 30.0. The monoisotopic (exact) mass is 702 g/mol. The third kappa shape index (κ3) is 4.20. The summed E-state index contributed by atoms with van der Waals surface area (Å²) in [5, 5.41) is 14.8. The lowest BCUT2D eigenvalue weighted by molar-refractivity contribution is 0.671. The molecule has 0 unspecified atom stereocenters. The molecule has 0 saturated carbocycles. The van der Waals surface area contributed by atoms with Gasteiger partial charge in [-0.3, -0.25) is 0 Å². The average Bonchev–Trinajstić information content (AvgIpc) is 3.80. The van der Waals surface area contributed by atoms with E-state index in [9.17, 15) is 0 Å². The fourth-order valence-electron chi connectivity index (χ4n) is 9.16. The van der Waals surface area contributed by atoms with Crippen LogP contribution in [0.15, 0.2) is 186 Å². The first-order valence-corrected chi connectivity index (χ1v) is 19.3. The second-order valence-corrected chi connectivity index (χ2v) is 15.4. The highest BCUT2D eigenvalue weighted by atomic mass is 32.1. The largest absolute Gasteiger partial charge is 0.455 e. The van der Waals surface area contributed by atoms with Crippen LogP contribution in [0.2, 0.25) is 0 Å². The highest BCUT2D eigenvalue weighted by Gasteiger charge is 2.23. The number of furan rings is 1. The van der Waals surface area contributed by atoms with Crippen molar-refractivity contribution in [1.82, 2.24) is 0 Å². The molecule has 54 heavy (non-hydrogen) atoms. The lowest BCUT2D eigenvalue weighted by atomic mass is 9.84. The third-order valence-corrected chi connectivity index (χ3v) is 12.5. The number of rotatable bonds is 3. The topological polar surface area (TPSA) is 13.1 Å². The van der Waals surface area contributed by atoms with Gasteiger partial charge in [0.2, 0.25) is 0 Å². The number of fused-ring (bicyclic) bond motifs is 11. The lowest BCUT2D eigenvalue weighted by Gasteiger charge is -2.19. The lowest BCUT2D eigenvalue weighted by Crippen LogP contribution is -1.92. The molecule has 2 heterocycles. The third-order valence-electron chi connectivity index (χ3n) is 11.4. The molecule has 12 rings (SSSR count). The molecule has 0 N–H and O–H groups in total. The maximum absolute atomic E-state index is 6.96. The van der Waals surface area contributed by atoms with Crippen molar-refractivity contribution in [1.29, 1.82) is 0 Å². The molecular weight excluding hydrogens is 673 g/mol. The summed E-state index contributed by atoms with van der Waals surface area (Å²) in [4.78, 5) is 0. The number of thiophene rings is 1. The summed E-state index contributed by atoms with van der Waals surface area (Å²) < 4.78 is 9.52. The zero-order valence-electron chi connectivity index (χ0n) is 29.1. The van der Waals surface area contributed by atoms with Gasteiger partial charge in [-0.15, -0.1) is 11.3 Å². The highest BCUT2D eigenvalue weighted by molar-refractivity contribution is 7.26. The smallest absolute Gasteiger partial charge is 0.143 e. The molecule has 250 valence electrons. The maximum atomic E-state index is 6.96. The minimum Gasteiger partial charge on any atom is -0.455 e. The quantitative estimate of drug-likeness (QED) is 0.167. The fraction of sp³-hybridized carbons (Fsp3) is 0. The first kappa shape index (κ1) is 29.8. The Labute approximate surface area is 314 Å². The molecular formula is C52H30OS. The van der Waals surface area contributed by atoms with Gasteiger partial charge in [0, 0.05) is 36.5 Å². The zero-order chi connectivity index (χ0) is 35.3. The van der Waals surface area contributed by atoms with Crippen LogP contribution in [0.3, 0.4) is 0 Å². The summed E-state index contributed by atoms with van der Waals surface area (Å²) in [6.45, 7) is 0. The number of hydrogen-bond donors (Lipinski definition) is 0.